The highest BCUT2D eigenvalue weighted by molar-refractivity contribution is 5.98. The van der Waals surface area contributed by atoms with E-state index >= 15 is 0 Å². The molecule has 1 amide bonds. The molecule has 2 heterocycles. The fourth-order valence-corrected chi connectivity index (χ4v) is 3.27. The quantitative estimate of drug-likeness (QED) is 0.763. The van der Waals surface area contributed by atoms with Crippen LogP contribution in [0, 0.1) is 0 Å². The summed E-state index contributed by atoms with van der Waals surface area (Å²) in [5.41, 5.74) is 1.46. The first kappa shape index (κ1) is 20.1. The first-order valence-electron chi connectivity index (χ1n) is 9.81. The molecule has 0 aliphatic carbocycles. The number of hydrogen-bond donors (Lipinski definition) is 0. The summed E-state index contributed by atoms with van der Waals surface area (Å²) in [6.45, 7) is 9.45. The molecule has 1 aliphatic rings. The summed E-state index contributed by atoms with van der Waals surface area (Å²) < 4.78 is 5.23. The maximum Gasteiger partial charge on any atom is 0.258 e. The largest absolute Gasteiger partial charge is 0.497 e. The lowest BCUT2D eigenvalue weighted by atomic mass is 10.1. The Balaban J connectivity index is 1.97. The molecule has 1 fully saturated rings. The average molecular weight is 383 g/mol. The van der Waals surface area contributed by atoms with Crippen molar-refractivity contribution >= 4 is 11.7 Å². The molecule has 0 radical (unpaired) electrons. The van der Waals surface area contributed by atoms with Crippen LogP contribution in [-0.2, 0) is 0 Å². The molecule has 3 rings (SSSR count). The molecular formula is C21H29N5O2. The monoisotopic (exact) mass is 383 g/mol. The van der Waals surface area contributed by atoms with Gasteiger partial charge in [0.2, 0.25) is 0 Å². The maximum absolute atomic E-state index is 12.9. The Bertz CT molecular complexity index is 801. The van der Waals surface area contributed by atoms with Gasteiger partial charge in [0.05, 0.1) is 7.11 Å². The normalized spacial score (nSPS) is 14.8. The summed E-state index contributed by atoms with van der Waals surface area (Å²) in [6, 6.07) is 7.66. The molecule has 0 atom stereocenters. The van der Waals surface area contributed by atoms with Crippen LogP contribution in [-0.4, -0.2) is 79.1 Å². The van der Waals surface area contributed by atoms with Crippen molar-refractivity contribution in [2.45, 2.75) is 13.8 Å². The van der Waals surface area contributed by atoms with Gasteiger partial charge in [-0.2, -0.15) is 0 Å². The molecule has 0 unspecified atom stereocenters. The van der Waals surface area contributed by atoms with E-state index in [1.807, 2.05) is 31.2 Å². The van der Waals surface area contributed by atoms with Crippen molar-refractivity contribution in [2.24, 2.45) is 0 Å². The number of likely N-dealkylation sites (N-methyl/N-ethyl adjacent to an activating group) is 1. The number of piperazine rings is 1. The Morgan fingerprint density at radius 2 is 1.82 bits per heavy atom. The molecule has 150 valence electrons. The lowest BCUT2D eigenvalue weighted by Gasteiger charge is -2.35. The molecule has 0 spiro atoms. The van der Waals surface area contributed by atoms with Crippen molar-refractivity contribution < 1.29 is 9.53 Å². The van der Waals surface area contributed by atoms with Crippen molar-refractivity contribution in [3.63, 3.8) is 0 Å². The number of amides is 1. The summed E-state index contributed by atoms with van der Waals surface area (Å²) in [7, 11) is 3.45. The lowest BCUT2D eigenvalue weighted by Crippen LogP contribution is -2.47. The van der Waals surface area contributed by atoms with Gasteiger partial charge in [-0.1, -0.05) is 6.92 Å². The van der Waals surface area contributed by atoms with E-state index < -0.39 is 0 Å². The van der Waals surface area contributed by atoms with Crippen LogP contribution in [0.4, 0.5) is 5.82 Å². The Hall–Kier alpha value is -2.67. The maximum atomic E-state index is 12.9. The van der Waals surface area contributed by atoms with Gasteiger partial charge in [-0.25, -0.2) is 9.97 Å². The Labute approximate surface area is 166 Å². The number of benzene rings is 1. The molecule has 2 aromatic rings. The molecule has 28 heavy (non-hydrogen) atoms. The third kappa shape index (κ3) is 4.25. The summed E-state index contributed by atoms with van der Waals surface area (Å²) in [4.78, 5) is 28.5. The fraction of sp³-hybridized carbons (Fsp3) is 0.476. The third-order valence-electron chi connectivity index (χ3n) is 5.29. The van der Waals surface area contributed by atoms with Crippen LogP contribution < -0.4 is 9.64 Å². The standard InChI is InChI=1S/C21H29N5O2/c1-5-24(3)21(27)18-15-22-19(16-7-9-17(28-4)10-8-16)23-20(18)26-13-11-25(6-2)12-14-26/h7-10,15H,5-6,11-14H2,1-4H3. The Morgan fingerprint density at radius 3 is 2.39 bits per heavy atom. The molecule has 1 saturated heterocycles. The molecule has 7 heteroatoms. The van der Waals surface area contributed by atoms with Gasteiger partial charge in [0.25, 0.3) is 5.91 Å². The molecule has 1 aromatic heterocycles. The summed E-state index contributed by atoms with van der Waals surface area (Å²) >= 11 is 0. The van der Waals surface area contributed by atoms with Crippen LogP contribution in [0.15, 0.2) is 30.5 Å². The molecule has 1 aromatic carbocycles. The number of hydrogen-bond acceptors (Lipinski definition) is 6. The van der Waals surface area contributed by atoms with Gasteiger partial charge in [-0.15, -0.1) is 0 Å². The van der Waals surface area contributed by atoms with Crippen LogP contribution in [0.2, 0.25) is 0 Å². The molecular weight excluding hydrogens is 354 g/mol. The fourth-order valence-electron chi connectivity index (χ4n) is 3.27. The van der Waals surface area contributed by atoms with Crippen molar-refractivity contribution in [3.8, 4) is 17.1 Å². The van der Waals surface area contributed by atoms with E-state index in [4.69, 9.17) is 9.72 Å². The number of carbonyl (C=O) groups is 1. The number of ether oxygens (including phenoxy) is 1. The van der Waals surface area contributed by atoms with E-state index in [1.54, 1.807) is 25.3 Å². The smallest absolute Gasteiger partial charge is 0.258 e. The molecule has 1 aliphatic heterocycles. The number of rotatable bonds is 6. The zero-order chi connectivity index (χ0) is 20.1. The highest BCUT2D eigenvalue weighted by Crippen LogP contribution is 2.25. The first-order chi connectivity index (χ1) is 13.6. The first-order valence-corrected chi connectivity index (χ1v) is 9.81. The molecule has 0 saturated carbocycles. The molecule has 0 N–H and O–H groups in total. The van der Waals surface area contributed by atoms with Crippen molar-refractivity contribution in [1.29, 1.82) is 0 Å². The van der Waals surface area contributed by atoms with Crippen LogP contribution in [0.1, 0.15) is 24.2 Å². The minimum Gasteiger partial charge on any atom is -0.497 e. The third-order valence-corrected chi connectivity index (χ3v) is 5.29. The van der Waals surface area contributed by atoms with Gasteiger partial charge in [-0.05, 0) is 37.7 Å². The SMILES string of the molecule is CCN1CCN(c2nc(-c3ccc(OC)cc3)ncc2C(=O)N(C)CC)CC1. The number of carbonyl (C=O) groups excluding carboxylic acids is 1. The van der Waals surface area contributed by atoms with E-state index in [1.165, 1.54) is 0 Å². The van der Waals surface area contributed by atoms with Crippen LogP contribution in [0.25, 0.3) is 11.4 Å². The second-order valence-electron chi connectivity index (χ2n) is 6.90. The molecule has 7 nitrogen and oxygen atoms in total. The summed E-state index contributed by atoms with van der Waals surface area (Å²) in [6.07, 6.45) is 1.67. The zero-order valence-corrected chi connectivity index (χ0v) is 17.2. The minimum atomic E-state index is -0.0447. The van der Waals surface area contributed by atoms with E-state index in [9.17, 15) is 4.79 Å². The Kier molecular flexibility index (Phi) is 6.46. The van der Waals surface area contributed by atoms with Gasteiger partial charge in [0, 0.05) is 51.5 Å². The van der Waals surface area contributed by atoms with Gasteiger partial charge >= 0.3 is 0 Å². The summed E-state index contributed by atoms with van der Waals surface area (Å²) in [5.74, 6) is 2.08. The van der Waals surface area contributed by atoms with E-state index in [-0.39, 0.29) is 5.91 Å². The predicted molar refractivity (Wildman–Crippen MR) is 111 cm³/mol. The van der Waals surface area contributed by atoms with Crippen molar-refractivity contribution in [2.75, 3.05) is 58.3 Å². The summed E-state index contributed by atoms with van der Waals surface area (Å²) in [5, 5.41) is 0. The van der Waals surface area contributed by atoms with Gasteiger partial charge < -0.3 is 19.4 Å². The number of methoxy groups -OCH3 is 1. The number of aromatic nitrogens is 2. The number of anilines is 1. The highest BCUT2D eigenvalue weighted by atomic mass is 16.5. The number of nitrogens with zero attached hydrogens (tertiary/aromatic N) is 5. The highest BCUT2D eigenvalue weighted by Gasteiger charge is 2.25. The van der Waals surface area contributed by atoms with Crippen LogP contribution >= 0.6 is 0 Å². The average Bonchev–Trinajstić information content (AvgIpc) is 2.77. The lowest BCUT2D eigenvalue weighted by molar-refractivity contribution is 0.0802. The van der Waals surface area contributed by atoms with Crippen molar-refractivity contribution in [1.82, 2.24) is 19.8 Å². The van der Waals surface area contributed by atoms with Gasteiger partial charge in [0.15, 0.2) is 5.82 Å². The zero-order valence-electron chi connectivity index (χ0n) is 17.2. The topological polar surface area (TPSA) is 61.8 Å². The second-order valence-corrected chi connectivity index (χ2v) is 6.90. The van der Waals surface area contributed by atoms with Crippen LogP contribution in [0.3, 0.4) is 0 Å². The van der Waals surface area contributed by atoms with Gasteiger partial charge in [-0.3, -0.25) is 4.79 Å². The van der Waals surface area contributed by atoms with Crippen LogP contribution in [0.5, 0.6) is 5.75 Å². The Morgan fingerprint density at radius 1 is 1.14 bits per heavy atom. The second kappa shape index (κ2) is 9.01. The van der Waals surface area contributed by atoms with Gasteiger partial charge in [0.1, 0.15) is 17.1 Å². The predicted octanol–water partition coefficient (Wildman–Crippen LogP) is 2.39. The van der Waals surface area contributed by atoms with E-state index in [0.717, 1.165) is 49.9 Å². The van der Waals surface area contributed by atoms with E-state index in [0.29, 0.717) is 17.9 Å². The minimum absolute atomic E-state index is 0.0447. The van der Waals surface area contributed by atoms with Crippen molar-refractivity contribution in [3.05, 3.63) is 36.0 Å². The van der Waals surface area contributed by atoms with E-state index in [2.05, 4.69) is 21.7 Å². The molecule has 0 bridgehead atoms.